The maximum atomic E-state index is 12.1. The first-order valence-corrected chi connectivity index (χ1v) is 4.54. The Labute approximate surface area is 84.9 Å². The van der Waals surface area contributed by atoms with E-state index in [0.717, 1.165) is 10.9 Å². The van der Waals surface area contributed by atoms with Gasteiger partial charge in [0.25, 0.3) is 6.43 Å². The average molecular weight is 212 g/mol. The Morgan fingerprint density at radius 2 is 2.20 bits per heavy atom. The van der Waals surface area contributed by atoms with Crippen molar-refractivity contribution in [1.29, 1.82) is 0 Å². The van der Waals surface area contributed by atoms with Crippen molar-refractivity contribution in [2.24, 2.45) is 0 Å². The van der Waals surface area contributed by atoms with Crippen LogP contribution in [-0.2, 0) is 13.2 Å². The van der Waals surface area contributed by atoms with E-state index in [1.54, 1.807) is 24.4 Å². The summed E-state index contributed by atoms with van der Waals surface area (Å²) in [6, 6.07) is 5.20. The number of fused-ring (bicyclic) bond motifs is 1. The van der Waals surface area contributed by atoms with Crippen molar-refractivity contribution in [2.45, 2.75) is 19.6 Å². The largest absolute Gasteiger partial charge is 0.392 e. The van der Waals surface area contributed by atoms with Crippen LogP contribution in [0, 0.1) is 0 Å². The highest BCUT2D eigenvalue weighted by molar-refractivity contribution is 5.78. The topological polar surface area (TPSA) is 38.0 Å². The molecule has 0 spiro atoms. The summed E-state index contributed by atoms with van der Waals surface area (Å²) in [7, 11) is 0. The summed E-state index contributed by atoms with van der Waals surface area (Å²) >= 11 is 0. The fourth-order valence-electron chi connectivity index (χ4n) is 1.45. The van der Waals surface area contributed by atoms with Gasteiger partial charge in [0, 0.05) is 11.6 Å². The second-order valence-corrected chi connectivity index (χ2v) is 3.29. The number of aromatic nitrogens is 2. The molecule has 0 amide bonds. The van der Waals surface area contributed by atoms with Crippen LogP contribution in [0.15, 0.2) is 24.4 Å². The maximum absolute atomic E-state index is 12.1. The molecule has 3 nitrogen and oxygen atoms in total. The number of aliphatic hydroxyl groups excluding tert-OH is 1. The Bertz CT molecular complexity index is 467. The minimum atomic E-state index is -2.41. The lowest BCUT2D eigenvalue weighted by Crippen LogP contribution is -2.06. The molecule has 15 heavy (non-hydrogen) atoms. The SMILES string of the molecule is OCc1ccc2cn(CC(F)F)nc2c1. The Morgan fingerprint density at radius 3 is 2.87 bits per heavy atom. The van der Waals surface area contributed by atoms with Gasteiger partial charge in [-0.15, -0.1) is 0 Å². The van der Waals surface area contributed by atoms with Crippen molar-refractivity contribution in [3.63, 3.8) is 0 Å². The number of halogens is 2. The monoisotopic (exact) mass is 212 g/mol. The standard InChI is InChI=1S/C10H10F2N2O/c11-10(12)5-14-4-8-2-1-7(6-15)3-9(8)13-14/h1-4,10,15H,5-6H2. The molecular weight excluding hydrogens is 202 g/mol. The Morgan fingerprint density at radius 1 is 1.40 bits per heavy atom. The lowest BCUT2D eigenvalue weighted by Gasteiger charge is -1.97. The summed E-state index contributed by atoms with van der Waals surface area (Å²) in [5, 5.41) is 13.7. The van der Waals surface area contributed by atoms with E-state index in [0.29, 0.717) is 5.52 Å². The van der Waals surface area contributed by atoms with Gasteiger partial charge in [-0.05, 0) is 11.6 Å². The molecule has 2 rings (SSSR count). The van der Waals surface area contributed by atoms with E-state index in [1.165, 1.54) is 4.68 Å². The molecule has 1 aromatic heterocycles. The molecule has 80 valence electrons. The van der Waals surface area contributed by atoms with Gasteiger partial charge in [-0.3, -0.25) is 4.68 Å². The zero-order valence-corrected chi connectivity index (χ0v) is 7.90. The molecule has 1 aromatic carbocycles. The van der Waals surface area contributed by atoms with Crippen molar-refractivity contribution >= 4 is 10.9 Å². The molecule has 0 aliphatic heterocycles. The Hall–Kier alpha value is -1.49. The first-order chi connectivity index (χ1) is 7.19. The highest BCUT2D eigenvalue weighted by Gasteiger charge is 2.06. The van der Waals surface area contributed by atoms with Gasteiger partial charge in [0.2, 0.25) is 0 Å². The second-order valence-electron chi connectivity index (χ2n) is 3.29. The number of nitrogens with zero attached hydrogens (tertiary/aromatic N) is 2. The van der Waals surface area contributed by atoms with Crippen LogP contribution in [0.1, 0.15) is 5.56 Å². The van der Waals surface area contributed by atoms with E-state index >= 15 is 0 Å². The molecule has 2 aromatic rings. The molecule has 0 saturated heterocycles. The van der Waals surface area contributed by atoms with Crippen LogP contribution in [0.25, 0.3) is 10.9 Å². The minimum absolute atomic E-state index is 0.0718. The van der Waals surface area contributed by atoms with Crippen molar-refractivity contribution in [3.05, 3.63) is 30.0 Å². The van der Waals surface area contributed by atoms with Crippen LogP contribution < -0.4 is 0 Å². The minimum Gasteiger partial charge on any atom is -0.392 e. The third-order valence-electron chi connectivity index (χ3n) is 2.13. The fraction of sp³-hybridized carbons (Fsp3) is 0.300. The van der Waals surface area contributed by atoms with E-state index < -0.39 is 13.0 Å². The maximum Gasteiger partial charge on any atom is 0.257 e. The number of aliphatic hydroxyl groups is 1. The summed E-state index contributed by atoms with van der Waals surface area (Å²) in [5.74, 6) is 0. The van der Waals surface area contributed by atoms with Crippen LogP contribution in [0.2, 0.25) is 0 Å². The van der Waals surface area contributed by atoms with Crippen LogP contribution >= 0.6 is 0 Å². The molecule has 1 N–H and O–H groups in total. The van der Waals surface area contributed by atoms with Gasteiger partial charge in [-0.2, -0.15) is 5.10 Å². The van der Waals surface area contributed by atoms with Crippen LogP contribution in [0.5, 0.6) is 0 Å². The number of hydrogen-bond acceptors (Lipinski definition) is 2. The Balaban J connectivity index is 2.37. The number of rotatable bonds is 3. The molecule has 0 bridgehead atoms. The van der Waals surface area contributed by atoms with E-state index in [9.17, 15) is 8.78 Å². The van der Waals surface area contributed by atoms with Crippen molar-refractivity contribution in [3.8, 4) is 0 Å². The van der Waals surface area contributed by atoms with Gasteiger partial charge >= 0.3 is 0 Å². The third kappa shape index (κ3) is 2.12. The number of benzene rings is 1. The van der Waals surface area contributed by atoms with Gasteiger partial charge in [-0.1, -0.05) is 12.1 Å². The zero-order valence-electron chi connectivity index (χ0n) is 7.90. The van der Waals surface area contributed by atoms with Crippen LogP contribution in [0.4, 0.5) is 8.78 Å². The van der Waals surface area contributed by atoms with Gasteiger partial charge < -0.3 is 5.11 Å². The quantitative estimate of drug-likeness (QED) is 0.842. The fourth-order valence-corrected chi connectivity index (χ4v) is 1.45. The normalized spacial score (nSPS) is 11.5. The summed E-state index contributed by atoms with van der Waals surface area (Å²) in [6.07, 6.45) is -0.834. The van der Waals surface area contributed by atoms with E-state index in [1.807, 2.05) is 0 Å². The first kappa shape index (κ1) is 10.0. The van der Waals surface area contributed by atoms with Crippen molar-refractivity contribution < 1.29 is 13.9 Å². The zero-order chi connectivity index (χ0) is 10.8. The molecule has 0 unspecified atom stereocenters. The van der Waals surface area contributed by atoms with E-state index in [2.05, 4.69) is 5.10 Å². The predicted molar refractivity (Wildman–Crippen MR) is 51.7 cm³/mol. The molecule has 0 aliphatic carbocycles. The van der Waals surface area contributed by atoms with Crippen LogP contribution in [0.3, 0.4) is 0 Å². The molecule has 0 fully saturated rings. The number of hydrogen-bond donors (Lipinski definition) is 1. The molecule has 1 heterocycles. The van der Waals surface area contributed by atoms with E-state index in [-0.39, 0.29) is 6.61 Å². The smallest absolute Gasteiger partial charge is 0.257 e. The van der Waals surface area contributed by atoms with Gasteiger partial charge in [0.1, 0.15) is 6.54 Å². The molecule has 0 aliphatic rings. The van der Waals surface area contributed by atoms with Gasteiger partial charge in [-0.25, -0.2) is 8.78 Å². The van der Waals surface area contributed by atoms with Crippen LogP contribution in [-0.4, -0.2) is 21.3 Å². The lowest BCUT2D eigenvalue weighted by molar-refractivity contribution is 0.122. The first-order valence-electron chi connectivity index (χ1n) is 4.54. The van der Waals surface area contributed by atoms with Gasteiger partial charge in [0.15, 0.2) is 0 Å². The van der Waals surface area contributed by atoms with Gasteiger partial charge in [0.05, 0.1) is 12.1 Å². The second kappa shape index (κ2) is 3.94. The van der Waals surface area contributed by atoms with Crippen molar-refractivity contribution in [1.82, 2.24) is 9.78 Å². The third-order valence-corrected chi connectivity index (χ3v) is 2.13. The molecule has 0 saturated carbocycles. The lowest BCUT2D eigenvalue weighted by atomic mass is 10.2. The highest BCUT2D eigenvalue weighted by Crippen LogP contribution is 2.15. The summed E-state index contributed by atoms with van der Waals surface area (Å²) in [5.41, 5.74) is 1.35. The number of alkyl halides is 2. The van der Waals surface area contributed by atoms with Crippen molar-refractivity contribution in [2.75, 3.05) is 0 Å². The molecular formula is C10H10F2N2O. The highest BCUT2D eigenvalue weighted by atomic mass is 19.3. The predicted octanol–water partition coefficient (Wildman–Crippen LogP) is 1.79. The summed E-state index contributed by atoms with van der Waals surface area (Å²) < 4.78 is 25.4. The summed E-state index contributed by atoms with van der Waals surface area (Å²) in [6.45, 7) is -0.471. The Kier molecular flexibility index (Phi) is 2.64. The average Bonchev–Trinajstić information content (AvgIpc) is 2.57. The van der Waals surface area contributed by atoms with E-state index in [4.69, 9.17) is 5.11 Å². The molecule has 0 radical (unpaired) electrons. The molecule has 0 atom stereocenters. The summed E-state index contributed by atoms with van der Waals surface area (Å²) in [4.78, 5) is 0. The molecule has 5 heteroatoms.